The van der Waals surface area contributed by atoms with E-state index in [1.807, 2.05) is 30.3 Å². The zero-order chi connectivity index (χ0) is 15.8. The second-order valence-corrected chi connectivity index (χ2v) is 5.28. The molecule has 116 valence electrons. The van der Waals surface area contributed by atoms with Gasteiger partial charge in [-0.3, -0.25) is 4.79 Å². The van der Waals surface area contributed by atoms with Crippen molar-refractivity contribution in [3.63, 3.8) is 0 Å². The van der Waals surface area contributed by atoms with Gasteiger partial charge in [-0.05, 0) is 30.3 Å². The minimum Gasteiger partial charge on any atom is -0.492 e. The smallest absolute Gasteiger partial charge is 0.258 e. The summed E-state index contributed by atoms with van der Waals surface area (Å²) in [6, 6.07) is 14.2. The van der Waals surface area contributed by atoms with Crippen LogP contribution < -0.4 is 14.8 Å². The molecule has 0 atom stereocenters. The first-order valence-corrected chi connectivity index (χ1v) is 7.42. The third-order valence-electron chi connectivity index (χ3n) is 2.64. The highest BCUT2D eigenvalue weighted by atomic mass is 35.5. The highest BCUT2D eigenvalue weighted by Crippen LogP contribution is 2.23. The van der Waals surface area contributed by atoms with Gasteiger partial charge in [0.15, 0.2) is 6.61 Å². The number of amides is 1. The number of hydrogen-bond donors (Lipinski definition) is 1. The second kappa shape index (κ2) is 8.51. The molecule has 2 aromatic rings. The Balaban J connectivity index is 1.65. The third kappa shape index (κ3) is 5.84. The molecule has 0 aliphatic carbocycles. The Bertz CT molecular complexity index is 600. The van der Waals surface area contributed by atoms with Gasteiger partial charge in [-0.1, -0.05) is 41.4 Å². The lowest BCUT2D eigenvalue weighted by atomic mass is 10.3. The molecule has 0 fully saturated rings. The lowest BCUT2D eigenvalue weighted by Crippen LogP contribution is -2.32. The molecular formula is C16H15Cl2NO3. The van der Waals surface area contributed by atoms with Gasteiger partial charge in [0.2, 0.25) is 0 Å². The monoisotopic (exact) mass is 339 g/mol. The van der Waals surface area contributed by atoms with Crippen molar-refractivity contribution in [2.24, 2.45) is 0 Å². The van der Waals surface area contributed by atoms with Gasteiger partial charge in [-0.15, -0.1) is 0 Å². The van der Waals surface area contributed by atoms with Gasteiger partial charge in [0.25, 0.3) is 5.91 Å². The Morgan fingerprint density at radius 3 is 2.32 bits per heavy atom. The Hall–Kier alpha value is -1.91. The van der Waals surface area contributed by atoms with Gasteiger partial charge in [0.1, 0.15) is 18.1 Å². The number of para-hydroxylation sites is 1. The van der Waals surface area contributed by atoms with E-state index in [4.69, 9.17) is 32.7 Å². The number of carbonyl (C=O) groups is 1. The van der Waals surface area contributed by atoms with Crippen LogP contribution in [0.2, 0.25) is 10.0 Å². The van der Waals surface area contributed by atoms with Crippen molar-refractivity contribution in [2.75, 3.05) is 19.8 Å². The van der Waals surface area contributed by atoms with Crippen LogP contribution in [-0.4, -0.2) is 25.7 Å². The average Bonchev–Trinajstić information content (AvgIpc) is 2.50. The molecule has 2 rings (SSSR count). The predicted molar refractivity (Wildman–Crippen MR) is 86.9 cm³/mol. The minimum absolute atomic E-state index is 0.109. The van der Waals surface area contributed by atoms with E-state index in [1.165, 1.54) is 0 Å². The molecule has 0 bridgehead atoms. The van der Waals surface area contributed by atoms with E-state index in [0.717, 1.165) is 5.75 Å². The van der Waals surface area contributed by atoms with Crippen LogP contribution in [0.1, 0.15) is 0 Å². The number of rotatable bonds is 7. The Morgan fingerprint density at radius 1 is 0.955 bits per heavy atom. The van der Waals surface area contributed by atoms with Crippen LogP contribution in [0.25, 0.3) is 0 Å². The molecule has 0 saturated heterocycles. The summed E-state index contributed by atoms with van der Waals surface area (Å²) < 4.78 is 10.8. The highest BCUT2D eigenvalue weighted by molar-refractivity contribution is 6.34. The van der Waals surface area contributed by atoms with Crippen LogP contribution >= 0.6 is 23.2 Å². The molecule has 0 radical (unpaired) electrons. The molecule has 1 N–H and O–H groups in total. The molecule has 0 aliphatic rings. The lowest BCUT2D eigenvalue weighted by molar-refractivity contribution is -0.123. The van der Waals surface area contributed by atoms with E-state index in [9.17, 15) is 4.79 Å². The number of benzene rings is 2. The Morgan fingerprint density at radius 2 is 1.64 bits per heavy atom. The molecule has 2 aromatic carbocycles. The molecule has 6 heteroatoms. The first kappa shape index (κ1) is 16.5. The van der Waals surface area contributed by atoms with Crippen LogP contribution in [0.15, 0.2) is 48.5 Å². The number of ether oxygens (including phenoxy) is 2. The van der Waals surface area contributed by atoms with Crippen molar-refractivity contribution in [1.29, 1.82) is 0 Å². The topological polar surface area (TPSA) is 47.6 Å². The molecule has 0 aromatic heterocycles. The van der Waals surface area contributed by atoms with Gasteiger partial charge in [-0.25, -0.2) is 0 Å². The summed E-state index contributed by atoms with van der Waals surface area (Å²) in [6.07, 6.45) is 0. The van der Waals surface area contributed by atoms with Gasteiger partial charge >= 0.3 is 0 Å². The summed E-state index contributed by atoms with van der Waals surface area (Å²) in [5, 5.41) is 3.61. The quantitative estimate of drug-likeness (QED) is 0.784. The van der Waals surface area contributed by atoms with Crippen molar-refractivity contribution < 1.29 is 14.3 Å². The van der Waals surface area contributed by atoms with Gasteiger partial charge in [-0.2, -0.15) is 0 Å². The van der Waals surface area contributed by atoms with Crippen molar-refractivity contribution in [2.45, 2.75) is 0 Å². The summed E-state index contributed by atoms with van der Waals surface area (Å²) in [5.41, 5.74) is 0. The minimum atomic E-state index is -0.243. The van der Waals surface area contributed by atoms with E-state index >= 15 is 0 Å². The zero-order valence-electron chi connectivity index (χ0n) is 11.7. The summed E-state index contributed by atoms with van der Waals surface area (Å²) >= 11 is 11.7. The Labute approximate surface area is 138 Å². The highest BCUT2D eigenvalue weighted by Gasteiger charge is 2.04. The first-order chi connectivity index (χ1) is 10.6. The largest absolute Gasteiger partial charge is 0.492 e. The molecule has 0 unspecified atom stereocenters. The molecule has 4 nitrogen and oxygen atoms in total. The van der Waals surface area contributed by atoms with E-state index in [1.54, 1.807) is 18.2 Å². The summed E-state index contributed by atoms with van der Waals surface area (Å²) in [7, 11) is 0. The summed E-state index contributed by atoms with van der Waals surface area (Å²) in [4.78, 5) is 11.6. The number of hydrogen-bond acceptors (Lipinski definition) is 3. The number of nitrogens with one attached hydrogen (secondary N) is 1. The normalized spacial score (nSPS) is 10.1. The third-order valence-corrected chi connectivity index (χ3v) is 3.08. The van der Waals surface area contributed by atoms with E-state index in [-0.39, 0.29) is 12.5 Å². The van der Waals surface area contributed by atoms with Crippen LogP contribution in [0.4, 0.5) is 0 Å². The lowest BCUT2D eigenvalue weighted by Gasteiger charge is -2.09. The van der Waals surface area contributed by atoms with Gasteiger partial charge in [0, 0.05) is 10.0 Å². The van der Waals surface area contributed by atoms with Crippen LogP contribution in [0.3, 0.4) is 0 Å². The van der Waals surface area contributed by atoms with Crippen LogP contribution in [0.5, 0.6) is 11.5 Å². The second-order valence-electron chi connectivity index (χ2n) is 4.41. The van der Waals surface area contributed by atoms with Gasteiger partial charge in [0.05, 0.1) is 6.54 Å². The van der Waals surface area contributed by atoms with Crippen molar-refractivity contribution >= 4 is 29.1 Å². The van der Waals surface area contributed by atoms with E-state index < -0.39 is 0 Å². The van der Waals surface area contributed by atoms with E-state index in [2.05, 4.69) is 5.32 Å². The molecule has 22 heavy (non-hydrogen) atoms. The summed E-state index contributed by atoms with van der Waals surface area (Å²) in [6.45, 7) is 0.675. The molecule has 0 saturated carbocycles. The SMILES string of the molecule is O=C(COc1cc(Cl)cc(Cl)c1)NCCOc1ccccc1. The van der Waals surface area contributed by atoms with Crippen LogP contribution in [-0.2, 0) is 4.79 Å². The maximum atomic E-state index is 11.6. The zero-order valence-corrected chi connectivity index (χ0v) is 13.2. The standard InChI is InChI=1S/C16H15Cl2NO3/c17-12-8-13(18)10-15(9-12)22-11-16(20)19-6-7-21-14-4-2-1-3-5-14/h1-5,8-10H,6-7,11H2,(H,19,20). The van der Waals surface area contributed by atoms with Crippen molar-refractivity contribution in [3.8, 4) is 11.5 Å². The predicted octanol–water partition coefficient (Wildman–Crippen LogP) is 3.57. The van der Waals surface area contributed by atoms with E-state index in [0.29, 0.717) is 28.9 Å². The Kier molecular flexibility index (Phi) is 6.37. The molecule has 0 spiro atoms. The summed E-state index contributed by atoms with van der Waals surface area (Å²) in [5.74, 6) is 0.975. The van der Waals surface area contributed by atoms with Gasteiger partial charge < -0.3 is 14.8 Å². The molecule has 1 amide bonds. The molecular weight excluding hydrogens is 325 g/mol. The molecule has 0 heterocycles. The van der Waals surface area contributed by atoms with Crippen molar-refractivity contribution in [3.05, 3.63) is 58.6 Å². The number of halogens is 2. The number of carbonyl (C=O) groups excluding carboxylic acids is 1. The fourth-order valence-corrected chi connectivity index (χ4v) is 2.19. The fourth-order valence-electron chi connectivity index (χ4n) is 1.69. The van der Waals surface area contributed by atoms with Crippen LogP contribution in [0, 0.1) is 0 Å². The van der Waals surface area contributed by atoms with Crippen molar-refractivity contribution in [1.82, 2.24) is 5.32 Å². The average molecular weight is 340 g/mol. The molecule has 0 aliphatic heterocycles. The maximum absolute atomic E-state index is 11.6. The fraction of sp³-hybridized carbons (Fsp3) is 0.188. The maximum Gasteiger partial charge on any atom is 0.258 e. The first-order valence-electron chi connectivity index (χ1n) is 6.67.